The number of alkyl halides is 3. The van der Waals surface area contributed by atoms with E-state index in [1.54, 1.807) is 24.3 Å². The van der Waals surface area contributed by atoms with Gasteiger partial charge in [-0.15, -0.1) is 0 Å². The van der Waals surface area contributed by atoms with Gasteiger partial charge in [0.05, 0.1) is 31.5 Å². The normalized spacial score (nSPS) is 23.6. The van der Waals surface area contributed by atoms with Gasteiger partial charge in [-0.2, -0.15) is 13.2 Å². The fourth-order valence-corrected chi connectivity index (χ4v) is 4.30. The van der Waals surface area contributed by atoms with E-state index < -0.39 is 17.3 Å². The highest BCUT2D eigenvalue weighted by Gasteiger charge is 2.55. The zero-order chi connectivity index (χ0) is 21.5. The summed E-state index contributed by atoms with van der Waals surface area (Å²) in [6.45, 7) is 2.03. The number of rotatable bonds is 3. The Labute approximate surface area is 172 Å². The molecule has 0 aromatic heterocycles. The van der Waals surface area contributed by atoms with E-state index in [0.29, 0.717) is 30.0 Å². The third-order valence-electron chi connectivity index (χ3n) is 5.79. The van der Waals surface area contributed by atoms with E-state index in [0.717, 1.165) is 6.07 Å². The zero-order valence-electron chi connectivity index (χ0n) is 16.7. The Hall–Kier alpha value is -2.80. The molecule has 2 aromatic carbocycles. The third kappa shape index (κ3) is 3.17. The van der Waals surface area contributed by atoms with Crippen LogP contribution >= 0.6 is 0 Å². The van der Waals surface area contributed by atoms with Gasteiger partial charge in [-0.1, -0.05) is 37.3 Å². The van der Waals surface area contributed by atoms with Crippen LogP contribution in [0.2, 0.25) is 0 Å². The predicted octanol–water partition coefficient (Wildman–Crippen LogP) is 5.07. The Kier molecular flexibility index (Phi) is 5.10. The Bertz CT molecular complexity index is 1000. The van der Waals surface area contributed by atoms with E-state index >= 15 is 0 Å². The molecule has 4 nitrogen and oxygen atoms in total. The molecule has 0 saturated heterocycles. The molecule has 2 aliphatic heterocycles. The van der Waals surface area contributed by atoms with Crippen LogP contribution in [0.3, 0.4) is 0 Å². The van der Waals surface area contributed by atoms with Gasteiger partial charge < -0.3 is 14.4 Å². The molecule has 0 radical (unpaired) electrons. The molecule has 0 N–H and O–H groups in total. The largest absolute Gasteiger partial charge is 0.497 e. The standard InChI is InChI=1S/C23H22F3NO3/c1-15-7-5-6-12-30-22(15)19-13-17(29-2)10-11-20(19)27(21(22)28)14-16-8-3-4-9-18(16)23(24,25)26/h3-5,7-11,13,15H,6,12,14H2,1-2H3/t15-,22+/m0/s1. The molecule has 4 rings (SSSR count). The molecule has 0 aliphatic carbocycles. The van der Waals surface area contributed by atoms with Crippen molar-refractivity contribution in [3.63, 3.8) is 0 Å². The second-order valence-corrected chi connectivity index (χ2v) is 7.52. The van der Waals surface area contributed by atoms with E-state index in [2.05, 4.69) is 0 Å². The van der Waals surface area contributed by atoms with Crippen LogP contribution < -0.4 is 9.64 Å². The van der Waals surface area contributed by atoms with Crippen molar-refractivity contribution in [2.24, 2.45) is 5.92 Å². The van der Waals surface area contributed by atoms with Crippen molar-refractivity contribution in [1.82, 2.24) is 0 Å². The number of fused-ring (bicyclic) bond motifs is 2. The van der Waals surface area contributed by atoms with Gasteiger partial charge >= 0.3 is 6.18 Å². The summed E-state index contributed by atoms with van der Waals surface area (Å²) in [5.74, 6) is -0.0921. The number of nitrogens with zero attached hydrogens (tertiary/aromatic N) is 1. The van der Waals surface area contributed by atoms with Crippen molar-refractivity contribution in [2.75, 3.05) is 18.6 Å². The van der Waals surface area contributed by atoms with Crippen LogP contribution in [0.5, 0.6) is 5.75 Å². The monoisotopic (exact) mass is 417 g/mol. The summed E-state index contributed by atoms with van der Waals surface area (Å²) in [5, 5.41) is 0. The van der Waals surface area contributed by atoms with Crippen LogP contribution in [-0.2, 0) is 27.9 Å². The van der Waals surface area contributed by atoms with Crippen molar-refractivity contribution in [3.8, 4) is 5.75 Å². The molecule has 2 aromatic rings. The number of hydrogen-bond donors (Lipinski definition) is 0. The highest BCUT2D eigenvalue weighted by Crippen LogP contribution is 2.50. The van der Waals surface area contributed by atoms with Crippen LogP contribution in [-0.4, -0.2) is 19.6 Å². The van der Waals surface area contributed by atoms with Crippen molar-refractivity contribution in [2.45, 2.75) is 31.7 Å². The first-order valence-corrected chi connectivity index (χ1v) is 9.75. The molecule has 0 bridgehead atoms. The van der Waals surface area contributed by atoms with E-state index in [1.807, 2.05) is 19.1 Å². The van der Waals surface area contributed by atoms with Crippen LogP contribution in [0.4, 0.5) is 18.9 Å². The summed E-state index contributed by atoms with van der Waals surface area (Å²) in [6, 6.07) is 10.5. The number of benzene rings is 2. The lowest BCUT2D eigenvalue weighted by molar-refractivity contribution is -0.148. The van der Waals surface area contributed by atoms with Crippen LogP contribution in [0.15, 0.2) is 54.6 Å². The summed E-state index contributed by atoms with van der Waals surface area (Å²) in [5.41, 5.74) is -0.836. The maximum Gasteiger partial charge on any atom is 0.416 e. The van der Waals surface area contributed by atoms with Crippen LogP contribution in [0.25, 0.3) is 0 Å². The summed E-state index contributed by atoms with van der Waals surface area (Å²) in [6.07, 6.45) is 0.0552. The highest BCUT2D eigenvalue weighted by molar-refractivity contribution is 6.07. The minimum absolute atomic E-state index is 0.0361. The van der Waals surface area contributed by atoms with Crippen LogP contribution in [0.1, 0.15) is 30.0 Å². The second kappa shape index (κ2) is 7.47. The van der Waals surface area contributed by atoms with E-state index in [-0.39, 0.29) is 23.9 Å². The summed E-state index contributed by atoms with van der Waals surface area (Å²) in [7, 11) is 1.53. The molecular formula is C23H22F3NO3. The maximum atomic E-state index is 13.7. The topological polar surface area (TPSA) is 38.8 Å². The average Bonchev–Trinajstić information content (AvgIpc) is 2.83. The molecular weight excluding hydrogens is 395 g/mol. The predicted molar refractivity (Wildman–Crippen MR) is 106 cm³/mol. The van der Waals surface area contributed by atoms with Gasteiger partial charge in [-0.3, -0.25) is 4.79 Å². The zero-order valence-corrected chi connectivity index (χ0v) is 16.7. The lowest BCUT2D eigenvalue weighted by atomic mass is 9.83. The highest BCUT2D eigenvalue weighted by atomic mass is 19.4. The third-order valence-corrected chi connectivity index (χ3v) is 5.79. The van der Waals surface area contributed by atoms with Gasteiger partial charge in [0.15, 0.2) is 5.60 Å². The number of halogens is 3. The average molecular weight is 417 g/mol. The first kappa shape index (κ1) is 20.5. The molecule has 30 heavy (non-hydrogen) atoms. The molecule has 0 unspecified atom stereocenters. The number of methoxy groups -OCH3 is 1. The first-order chi connectivity index (χ1) is 14.3. The van der Waals surface area contributed by atoms with Crippen molar-refractivity contribution >= 4 is 11.6 Å². The Morgan fingerprint density at radius 2 is 2.00 bits per heavy atom. The van der Waals surface area contributed by atoms with E-state index in [1.165, 1.54) is 24.1 Å². The van der Waals surface area contributed by atoms with Crippen molar-refractivity contribution < 1.29 is 27.4 Å². The number of carbonyl (C=O) groups excluding carboxylic acids is 1. The first-order valence-electron chi connectivity index (χ1n) is 9.75. The minimum atomic E-state index is -4.51. The number of amides is 1. The van der Waals surface area contributed by atoms with Gasteiger partial charge in [-0.25, -0.2) is 0 Å². The lowest BCUT2D eigenvalue weighted by Gasteiger charge is -2.32. The van der Waals surface area contributed by atoms with E-state index in [9.17, 15) is 18.0 Å². The molecule has 1 amide bonds. The maximum absolute atomic E-state index is 13.7. The van der Waals surface area contributed by atoms with Gasteiger partial charge in [0, 0.05) is 11.5 Å². The molecule has 158 valence electrons. The number of ether oxygens (including phenoxy) is 2. The molecule has 7 heteroatoms. The number of anilines is 1. The Balaban J connectivity index is 1.84. The van der Waals surface area contributed by atoms with Gasteiger partial charge in [-0.05, 0) is 36.2 Å². The number of hydrogen-bond acceptors (Lipinski definition) is 3. The van der Waals surface area contributed by atoms with E-state index in [4.69, 9.17) is 9.47 Å². The number of carbonyl (C=O) groups is 1. The SMILES string of the molecule is COc1ccc2c(c1)[C@@]1(OCCC=C[C@@H]1C)C(=O)N2Cc1ccccc1C(F)(F)F. The van der Waals surface area contributed by atoms with Gasteiger partial charge in [0.25, 0.3) is 5.91 Å². The Morgan fingerprint density at radius 3 is 2.73 bits per heavy atom. The van der Waals surface area contributed by atoms with Crippen molar-refractivity contribution in [1.29, 1.82) is 0 Å². The quantitative estimate of drug-likeness (QED) is 0.655. The molecule has 0 saturated carbocycles. The summed E-state index contributed by atoms with van der Waals surface area (Å²) >= 11 is 0. The summed E-state index contributed by atoms with van der Waals surface area (Å²) in [4.78, 5) is 15.1. The fourth-order valence-electron chi connectivity index (χ4n) is 4.30. The summed E-state index contributed by atoms with van der Waals surface area (Å²) < 4.78 is 52.0. The fraction of sp³-hybridized carbons (Fsp3) is 0.348. The molecule has 1 spiro atoms. The van der Waals surface area contributed by atoms with Crippen LogP contribution in [0, 0.1) is 5.92 Å². The smallest absolute Gasteiger partial charge is 0.416 e. The van der Waals surface area contributed by atoms with Gasteiger partial charge in [0.2, 0.25) is 0 Å². The second-order valence-electron chi connectivity index (χ2n) is 7.52. The lowest BCUT2D eigenvalue weighted by Crippen LogP contribution is -2.46. The minimum Gasteiger partial charge on any atom is -0.497 e. The Morgan fingerprint density at radius 1 is 1.23 bits per heavy atom. The molecule has 2 atom stereocenters. The molecule has 0 fully saturated rings. The van der Waals surface area contributed by atoms with Gasteiger partial charge in [0.1, 0.15) is 5.75 Å². The van der Waals surface area contributed by atoms with Crippen molar-refractivity contribution in [3.05, 3.63) is 71.3 Å². The molecule has 2 aliphatic rings. The molecule has 2 heterocycles.